The highest BCUT2D eigenvalue weighted by atomic mass is 35.5. The van der Waals surface area contributed by atoms with Crippen LogP contribution in [0.25, 0.3) is 0 Å². The molecule has 8 nitrogen and oxygen atoms in total. The van der Waals surface area contributed by atoms with Crippen LogP contribution in [0, 0.1) is 0 Å². The minimum absolute atomic E-state index is 0.271. The van der Waals surface area contributed by atoms with Crippen molar-refractivity contribution in [3.8, 4) is 0 Å². The van der Waals surface area contributed by atoms with Crippen molar-refractivity contribution in [2.24, 2.45) is 10.3 Å². The Kier molecular flexibility index (Phi) is 5.16. The van der Waals surface area contributed by atoms with Gasteiger partial charge in [0.15, 0.2) is 12.1 Å². The third kappa shape index (κ3) is 3.66. The number of carbonyl (C=O) groups is 3. The second-order valence-electron chi connectivity index (χ2n) is 6.35. The monoisotopic (exact) mass is 451 g/mol. The van der Waals surface area contributed by atoms with Crippen molar-refractivity contribution in [1.29, 1.82) is 0 Å². The van der Waals surface area contributed by atoms with Crippen LogP contribution in [-0.4, -0.2) is 41.4 Å². The van der Waals surface area contributed by atoms with Crippen molar-refractivity contribution >= 4 is 63.9 Å². The van der Waals surface area contributed by atoms with E-state index in [9.17, 15) is 14.4 Å². The lowest BCUT2D eigenvalue weighted by atomic mass is 10.1. The number of nitrogens with one attached hydrogen (secondary N) is 1. The van der Waals surface area contributed by atoms with Crippen LogP contribution >= 0.6 is 34.8 Å². The van der Waals surface area contributed by atoms with Gasteiger partial charge in [0.1, 0.15) is 6.54 Å². The van der Waals surface area contributed by atoms with Crippen LogP contribution in [0.3, 0.4) is 0 Å². The largest absolute Gasteiger partial charge is 0.323 e. The number of halogens is 3. The third-order valence-corrected chi connectivity index (χ3v) is 5.25. The van der Waals surface area contributed by atoms with Crippen LogP contribution in [0.4, 0.5) is 11.4 Å². The van der Waals surface area contributed by atoms with E-state index in [1.54, 1.807) is 36.4 Å². The fourth-order valence-corrected chi connectivity index (χ4v) is 3.71. The van der Waals surface area contributed by atoms with E-state index < -0.39 is 29.8 Å². The van der Waals surface area contributed by atoms with Gasteiger partial charge in [-0.2, -0.15) is 5.11 Å². The Labute approximate surface area is 180 Å². The Hall–Kier alpha value is -2.68. The van der Waals surface area contributed by atoms with E-state index >= 15 is 0 Å². The number of rotatable bonds is 4. The van der Waals surface area contributed by atoms with Gasteiger partial charge in [-0.25, -0.2) is 4.90 Å². The molecule has 11 heteroatoms. The number of nitrogens with zero attached hydrogens (tertiary/aromatic N) is 4. The maximum atomic E-state index is 12.9. The number of fused-ring (bicyclic) bond motifs is 1. The number of benzene rings is 2. The number of imide groups is 1. The average Bonchev–Trinajstić information content (AvgIpc) is 3.19. The molecule has 1 N–H and O–H groups in total. The summed E-state index contributed by atoms with van der Waals surface area (Å²) in [6.45, 7) is -0.281. The van der Waals surface area contributed by atoms with Crippen LogP contribution in [0.15, 0.2) is 52.8 Å². The Balaban J connectivity index is 1.49. The first kappa shape index (κ1) is 19.6. The van der Waals surface area contributed by atoms with Gasteiger partial charge < -0.3 is 5.32 Å². The molecule has 2 aromatic rings. The van der Waals surface area contributed by atoms with E-state index in [-0.39, 0.29) is 11.6 Å². The molecule has 0 spiro atoms. The summed E-state index contributed by atoms with van der Waals surface area (Å²) in [6.07, 6.45) is 0. The second kappa shape index (κ2) is 7.62. The zero-order valence-corrected chi connectivity index (χ0v) is 16.8. The first-order chi connectivity index (χ1) is 13.8. The number of hydrogen-bond donors (Lipinski definition) is 1. The molecule has 1 fully saturated rings. The summed E-state index contributed by atoms with van der Waals surface area (Å²) >= 11 is 17.8. The Morgan fingerprint density at radius 3 is 2.38 bits per heavy atom. The lowest BCUT2D eigenvalue weighted by molar-refractivity contribution is -0.123. The van der Waals surface area contributed by atoms with Gasteiger partial charge in [0.2, 0.25) is 5.91 Å². The van der Waals surface area contributed by atoms with E-state index in [0.717, 1.165) is 4.90 Å². The highest BCUT2D eigenvalue weighted by molar-refractivity contribution is 6.36. The summed E-state index contributed by atoms with van der Waals surface area (Å²) in [5.74, 6) is -1.49. The van der Waals surface area contributed by atoms with Gasteiger partial charge in [-0.1, -0.05) is 40.0 Å². The molecule has 2 aromatic carbocycles. The molecular weight excluding hydrogens is 441 g/mol. The number of anilines is 2. The molecule has 1 saturated heterocycles. The summed E-state index contributed by atoms with van der Waals surface area (Å²) in [5.41, 5.74) is 0.747. The summed E-state index contributed by atoms with van der Waals surface area (Å²) in [4.78, 5) is 38.9. The Morgan fingerprint density at radius 2 is 1.69 bits per heavy atom. The molecule has 0 aliphatic carbocycles. The second-order valence-corrected chi connectivity index (χ2v) is 7.63. The standard InChI is InChI=1S/C18H12Cl3N5O3/c19-9-1-4-11(5-2-9)26-17(28)15-16(18(26)29)25(24-23-15)8-14(27)22-13-6-3-10(20)7-12(13)21/h1-7,15-16H,8H2,(H,22,27)/t15-,16+/m0/s1. The highest BCUT2D eigenvalue weighted by Gasteiger charge is 2.55. The molecular formula is C18H12Cl3N5O3. The molecule has 0 saturated carbocycles. The molecule has 3 amide bonds. The van der Waals surface area contributed by atoms with E-state index in [1.165, 1.54) is 11.1 Å². The molecule has 2 aliphatic rings. The van der Waals surface area contributed by atoms with Gasteiger partial charge in [0, 0.05) is 10.0 Å². The van der Waals surface area contributed by atoms with E-state index in [1.807, 2.05) is 0 Å². The Bertz CT molecular complexity index is 1040. The quantitative estimate of drug-likeness (QED) is 0.717. The minimum Gasteiger partial charge on any atom is -0.323 e. The number of carbonyl (C=O) groups excluding carboxylic acids is 3. The molecule has 2 heterocycles. The molecule has 2 aliphatic heterocycles. The summed E-state index contributed by atoms with van der Waals surface area (Å²) in [5, 5.41) is 12.7. The SMILES string of the molecule is O=C(CN1N=N[C@@H]2C(=O)N(c3ccc(Cl)cc3)C(=O)[C@@H]21)Nc1ccc(Cl)cc1Cl. The first-order valence-electron chi connectivity index (χ1n) is 8.41. The predicted octanol–water partition coefficient (Wildman–Crippen LogP) is 3.58. The molecule has 0 radical (unpaired) electrons. The predicted molar refractivity (Wildman–Crippen MR) is 108 cm³/mol. The first-order valence-corrected chi connectivity index (χ1v) is 9.54. The Morgan fingerprint density at radius 1 is 1.00 bits per heavy atom. The molecule has 0 aromatic heterocycles. The van der Waals surface area contributed by atoms with Crippen LogP contribution in [-0.2, 0) is 14.4 Å². The smallest absolute Gasteiger partial charge is 0.263 e. The summed E-state index contributed by atoms with van der Waals surface area (Å²) in [7, 11) is 0. The van der Waals surface area contributed by atoms with E-state index in [0.29, 0.717) is 21.4 Å². The van der Waals surface area contributed by atoms with Crippen molar-refractivity contribution in [3.05, 3.63) is 57.5 Å². The maximum absolute atomic E-state index is 12.9. The maximum Gasteiger partial charge on any atom is 0.263 e. The van der Waals surface area contributed by atoms with Crippen LogP contribution < -0.4 is 10.2 Å². The molecule has 148 valence electrons. The van der Waals surface area contributed by atoms with Crippen molar-refractivity contribution in [1.82, 2.24) is 5.01 Å². The zero-order chi connectivity index (χ0) is 20.7. The third-order valence-electron chi connectivity index (χ3n) is 4.45. The van der Waals surface area contributed by atoms with Gasteiger partial charge in [0.25, 0.3) is 11.8 Å². The van der Waals surface area contributed by atoms with Crippen molar-refractivity contribution in [2.75, 3.05) is 16.8 Å². The fourth-order valence-electron chi connectivity index (χ4n) is 3.13. The molecule has 2 atom stereocenters. The topological polar surface area (TPSA) is 94.4 Å². The fraction of sp³-hybridized carbons (Fsp3) is 0.167. The normalized spacial score (nSPS) is 20.4. The van der Waals surface area contributed by atoms with Gasteiger partial charge in [-0.15, -0.1) is 0 Å². The summed E-state index contributed by atoms with van der Waals surface area (Å²) in [6, 6.07) is 8.94. The molecule has 0 bridgehead atoms. The van der Waals surface area contributed by atoms with E-state index in [2.05, 4.69) is 15.7 Å². The van der Waals surface area contributed by atoms with Gasteiger partial charge in [-0.3, -0.25) is 19.4 Å². The minimum atomic E-state index is -0.995. The van der Waals surface area contributed by atoms with Crippen molar-refractivity contribution < 1.29 is 14.4 Å². The van der Waals surface area contributed by atoms with Gasteiger partial charge >= 0.3 is 0 Å². The van der Waals surface area contributed by atoms with Crippen molar-refractivity contribution in [2.45, 2.75) is 12.1 Å². The lowest BCUT2D eigenvalue weighted by Crippen LogP contribution is -2.43. The van der Waals surface area contributed by atoms with Gasteiger partial charge in [-0.05, 0) is 42.5 Å². The zero-order valence-electron chi connectivity index (χ0n) is 14.6. The average molecular weight is 453 g/mol. The molecule has 4 rings (SSSR count). The molecule has 0 unspecified atom stereocenters. The van der Waals surface area contributed by atoms with Crippen LogP contribution in [0.5, 0.6) is 0 Å². The van der Waals surface area contributed by atoms with Gasteiger partial charge in [0.05, 0.1) is 16.4 Å². The number of amides is 3. The number of hydrogen-bond acceptors (Lipinski definition) is 6. The van der Waals surface area contributed by atoms with Crippen LogP contribution in [0.1, 0.15) is 0 Å². The summed E-state index contributed by atoms with van der Waals surface area (Å²) < 4.78 is 0. The van der Waals surface area contributed by atoms with E-state index in [4.69, 9.17) is 34.8 Å². The molecule has 29 heavy (non-hydrogen) atoms. The van der Waals surface area contributed by atoms with Crippen molar-refractivity contribution in [3.63, 3.8) is 0 Å². The van der Waals surface area contributed by atoms with Crippen LogP contribution in [0.2, 0.25) is 15.1 Å². The lowest BCUT2D eigenvalue weighted by Gasteiger charge is -2.20. The highest BCUT2D eigenvalue weighted by Crippen LogP contribution is 2.32.